The molecule has 3 aromatic rings. The molecule has 24 heavy (non-hydrogen) atoms. The lowest BCUT2D eigenvalue weighted by molar-refractivity contribution is -0.118. The van der Waals surface area contributed by atoms with Crippen LogP contribution in [0.3, 0.4) is 0 Å². The molecule has 1 N–H and O–H groups in total. The summed E-state index contributed by atoms with van der Waals surface area (Å²) in [6.07, 6.45) is 1.69. The standard InChI is InChI=1S/C17H12N4O2S/c18-9-12-5-1-2-7-15(12)23-10-16(22)21-17-20-14(11-24-17)13-6-3-4-8-19-13/h1-8,11H,10H2,(H,20,21,22). The monoisotopic (exact) mass is 336 g/mol. The maximum Gasteiger partial charge on any atom is 0.264 e. The second kappa shape index (κ2) is 7.35. The van der Waals surface area contributed by atoms with Gasteiger partial charge in [0, 0.05) is 11.6 Å². The Hall–Kier alpha value is -3.24. The van der Waals surface area contributed by atoms with Crippen molar-refractivity contribution in [2.45, 2.75) is 0 Å². The Kier molecular flexibility index (Phi) is 4.79. The van der Waals surface area contributed by atoms with Gasteiger partial charge in [-0.05, 0) is 24.3 Å². The summed E-state index contributed by atoms with van der Waals surface area (Å²) in [5, 5.41) is 14.0. The molecule has 1 amide bonds. The number of hydrogen-bond donors (Lipinski definition) is 1. The fourth-order valence-corrected chi connectivity index (χ4v) is 2.67. The summed E-state index contributed by atoms with van der Waals surface area (Å²) in [6.45, 7) is -0.197. The number of amides is 1. The minimum absolute atomic E-state index is 0.197. The van der Waals surface area contributed by atoms with Crippen molar-refractivity contribution in [3.8, 4) is 23.2 Å². The average Bonchev–Trinajstić information content (AvgIpc) is 3.09. The molecule has 0 unspecified atom stereocenters. The largest absolute Gasteiger partial charge is 0.482 e. The van der Waals surface area contributed by atoms with Crippen molar-refractivity contribution < 1.29 is 9.53 Å². The number of hydrogen-bond acceptors (Lipinski definition) is 6. The van der Waals surface area contributed by atoms with Crippen LogP contribution in [0.1, 0.15) is 5.56 Å². The number of thiazole rings is 1. The third-order valence-electron chi connectivity index (χ3n) is 3.04. The summed E-state index contributed by atoms with van der Waals surface area (Å²) in [7, 11) is 0. The second-order valence-electron chi connectivity index (χ2n) is 4.70. The fraction of sp³-hybridized carbons (Fsp3) is 0.0588. The molecule has 0 fully saturated rings. The van der Waals surface area contributed by atoms with Gasteiger partial charge in [-0.3, -0.25) is 15.1 Å². The molecule has 118 valence electrons. The average molecular weight is 336 g/mol. The van der Waals surface area contributed by atoms with E-state index < -0.39 is 0 Å². The van der Waals surface area contributed by atoms with Gasteiger partial charge in [0.1, 0.15) is 17.5 Å². The van der Waals surface area contributed by atoms with E-state index in [1.54, 1.807) is 30.5 Å². The van der Waals surface area contributed by atoms with Crippen LogP contribution >= 0.6 is 11.3 Å². The van der Waals surface area contributed by atoms with Crippen LogP contribution in [-0.4, -0.2) is 22.5 Å². The van der Waals surface area contributed by atoms with Crippen molar-refractivity contribution in [3.05, 3.63) is 59.6 Å². The Morgan fingerprint density at radius 1 is 1.21 bits per heavy atom. The quantitative estimate of drug-likeness (QED) is 0.773. The Balaban J connectivity index is 1.60. The molecular weight excluding hydrogens is 324 g/mol. The van der Waals surface area contributed by atoms with E-state index >= 15 is 0 Å². The zero-order chi connectivity index (χ0) is 16.8. The van der Waals surface area contributed by atoms with E-state index in [9.17, 15) is 4.79 Å². The van der Waals surface area contributed by atoms with Gasteiger partial charge in [0.05, 0.1) is 11.3 Å². The van der Waals surface area contributed by atoms with Gasteiger partial charge in [-0.1, -0.05) is 18.2 Å². The number of nitriles is 1. The molecule has 0 saturated carbocycles. The minimum Gasteiger partial charge on any atom is -0.482 e. The van der Waals surface area contributed by atoms with Crippen LogP contribution in [0.5, 0.6) is 5.75 Å². The number of carbonyl (C=O) groups is 1. The summed E-state index contributed by atoms with van der Waals surface area (Å²) in [5.41, 5.74) is 1.83. The molecular formula is C17H12N4O2S. The first kappa shape index (κ1) is 15.6. The van der Waals surface area contributed by atoms with Crippen LogP contribution in [0.25, 0.3) is 11.4 Å². The molecule has 0 atom stereocenters. The lowest BCUT2D eigenvalue weighted by Crippen LogP contribution is -2.20. The smallest absolute Gasteiger partial charge is 0.264 e. The molecule has 0 radical (unpaired) electrons. The Morgan fingerprint density at radius 2 is 2.04 bits per heavy atom. The molecule has 0 bridgehead atoms. The van der Waals surface area contributed by atoms with Crippen molar-refractivity contribution in [3.63, 3.8) is 0 Å². The number of pyridine rings is 1. The number of para-hydroxylation sites is 1. The number of carbonyl (C=O) groups excluding carboxylic acids is 1. The number of nitrogens with one attached hydrogen (secondary N) is 1. The van der Waals surface area contributed by atoms with Crippen molar-refractivity contribution in [1.82, 2.24) is 9.97 Å². The summed E-state index contributed by atoms with van der Waals surface area (Å²) in [5.74, 6) is 0.0353. The molecule has 0 aliphatic heterocycles. The highest BCUT2D eigenvalue weighted by molar-refractivity contribution is 7.14. The van der Waals surface area contributed by atoms with Gasteiger partial charge in [0.2, 0.25) is 0 Å². The molecule has 0 aliphatic carbocycles. The minimum atomic E-state index is -0.343. The zero-order valence-electron chi connectivity index (χ0n) is 12.5. The Bertz CT molecular complexity index is 887. The summed E-state index contributed by atoms with van der Waals surface area (Å²) < 4.78 is 5.38. The van der Waals surface area contributed by atoms with E-state index in [-0.39, 0.29) is 12.5 Å². The molecule has 0 aliphatic rings. The number of ether oxygens (including phenoxy) is 1. The molecule has 0 saturated heterocycles. The van der Waals surface area contributed by atoms with Gasteiger partial charge in [-0.2, -0.15) is 5.26 Å². The highest BCUT2D eigenvalue weighted by Gasteiger charge is 2.10. The molecule has 7 heteroatoms. The fourth-order valence-electron chi connectivity index (χ4n) is 1.95. The van der Waals surface area contributed by atoms with Gasteiger partial charge in [-0.25, -0.2) is 4.98 Å². The van der Waals surface area contributed by atoms with Gasteiger partial charge in [-0.15, -0.1) is 11.3 Å². The lowest BCUT2D eigenvalue weighted by Gasteiger charge is -2.06. The summed E-state index contributed by atoms with van der Waals surface area (Å²) in [6, 6.07) is 14.3. The van der Waals surface area contributed by atoms with Crippen molar-refractivity contribution >= 4 is 22.4 Å². The van der Waals surface area contributed by atoms with Gasteiger partial charge >= 0.3 is 0 Å². The topological polar surface area (TPSA) is 87.9 Å². The molecule has 2 aromatic heterocycles. The maximum atomic E-state index is 12.0. The first-order chi connectivity index (χ1) is 11.8. The van der Waals surface area contributed by atoms with Gasteiger partial charge < -0.3 is 4.74 Å². The van der Waals surface area contributed by atoms with E-state index in [1.807, 2.05) is 29.6 Å². The highest BCUT2D eigenvalue weighted by atomic mass is 32.1. The lowest BCUT2D eigenvalue weighted by atomic mass is 10.2. The van der Waals surface area contributed by atoms with Crippen molar-refractivity contribution in [2.75, 3.05) is 11.9 Å². The third kappa shape index (κ3) is 3.74. The Morgan fingerprint density at radius 3 is 2.83 bits per heavy atom. The summed E-state index contributed by atoms with van der Waals surface area (Å²) in [4.78, 5) is 20.5. The molecule has 1 aromatic carbocycles. The molecule has 2 heterocycles. The number of anilines is 1. The number of nitrogens with zero attached hydrogens (tertiary/aromatic N) is 3. The summed E-state index contributed by atoms with van der Waals surface area (Å²) >= 11 is 1.31. The van der Waals surface area contributed by atoms with E-state index in [4.69, 9.17) is 10.00 Å². The van der Waals surface area contributed by atoms with E-state index in [0.717, 1.165) is 5.69 Å². The van der Waals surface area contributed by atoms with Crippen LogP contribution in [0.15, 0.2) is 54.0 Å². The van der Waals surface area contributed by atoms with Crippen LogP contribution in [-0.2, 0) is 4.79 Å². The Labute approximate surface area is 142 Å². The number of benzene rings is 1. The predicted molar refractivity (Wildman–Crippen MR) is 90.6 cm³/mol. The van der Waals surface area contributed by atoms with Crippen LogP contribution < -0.4 is 10.1 Å². The molecule has 0 spiro atoms. The normalized spacial score (nSPS) is 9.96. The SMILES string of the molecule is N#Cc1ccccc1OCC(=O)Nc1nc(-c2ccccn2)cs1. The van der Waals surface area contributed by atoms with Gasteiger partial charge in [0.25, 0.3) is 5.91 Å². The van der Waals surface area contributed by atoms with Crippen LogP contribution in [0.2, 0.25) is 0 Å². The highest BCUT2D eigenvalue weighted by Crippen LogP contribution is 2.23. The molecule has 3 rings (SSSR count). The number of aromatic nitrogens is 2. The maximum absolute atomic E-state index is 12.0. The third-order valence-corrected chi connectivity index (χ3v) is 3.80. The van der Waals surface area contributed by atoms with E-state index in [1.165, 1.54) is 11.3 Å². The van der Waals surface area contributed by atoms with E-state index in [2.05, 4.69) is 15.3 Å². The van der Waals surface area contributed by atoms with Gasteiger partial charge in [0.15, 0.2) is 11.7 Å². The van der Waals surface area contributed by atoms with Crippen molar-refractivity contribution in [2.24, 2.45) is 0 Å². The molecule has 6 nitrogen and oxygen atoms in total. The first-order valence-corrected chi connectivity index (χ1v) is 7.93. The zero-order valence-corrected chi connectivity index (χ0v) is 13.3. The predicted octanol–water partition coefficient (Wildman–Crippen LogP) is 3.09. The first-order valence-electron chi connectivity index (χ1n) is 7.05. The van der Waals surface area contributed by atoms with Crippen LogP contribution in [0.4, 0.5) is 5.13 Å². The van der Waals surface area contributed by atoms with Crippen LogP contribution in [0, 0.1) is 11.3 Å². The second-order valence-corrected chi connectivity index (χ2v) is 5.56. The number of rotatable bonds is 5. The van der Waals surface area contributed by atoms with E-state index in [0.29, 0.717) is 22.1 Å². The van der Waals surface area contributed by atoms with Crippen molar-refractivity contribution in [1.29, 1.82) is 5.26 Å².